The van der Waals surface area contributed by atoms with E-state index in [4.69, 9.17) is 15.6 Å². The van der Waals surface area contributed by atoms with E-state index in [0.29, 0.717) is 19.8 Å². The number of hydrogen-bond donors (Lipinski definition) is 3. The predicted molar refractivity (Wildman–Crippen MR) is 63.0 cm³/mol. The number of amides is 1. The van der Waals surface area contributed by atoms with Crippen molar-refractivity contribution in [3.05, 3.63) is 0 Å². The second kappa shape index (κ2) is 10.9. The third-order valence-corrected chi connectivity index (χ3v) is 2.21. The molecule has 5 nitrogen and oxygen atoms in total. The molecule has 1 amide bonds. The molecule has 0 fully saturated rings. The average molecular weight is 232 g/mol. The van der Waals surface area contributed by atoms with Crippen LogP contribution in [0.4, 0.5) is 0 Å². The second-order valence-electron chi connectivity index (χ2n) is 3.73. The minimum atomic E-state index is -0.390. The van der Waals surface area contributed by atoms with Gasteiger partial charge in [0, 0.05) is 13.2 Å². The van der Waals surface area contributed by atoms with Crippen LogP contribution in [-0.2, 0) is 9.53 Å². The standard InChI is InChI=1S/C11H24N2O3/c1-2-3-5-10(12)11(15)13-6-4-8-16-9-7-14/h10,14H,2-9,12H2,1H3,(H,13,15). The van der Waals surface area contributed by atoms with E-state index in [-0.39, 0.29) is 12.5 Å². The van der Waals surface area contributed by atoms with Gasteiger partial charge >= 0.3 is 0 Å². The predicted octanol–water partition coefficient (Wildman–Crippen LogP) is 0.0191. The van der Waals surface area contributed by atoms with Crippen LogP contribution in [0.5, 0.6) is 0 Å². The topological polar surface area (TPSA) is 84.6 Å². The Morgan fingerprint density at radius 2 is 2.19 bits per heavy atom. The Balaban J connectivity index is 3.35. The molecule has 0 bridgehead atoms. The van der Waals surface area contributed by atoms with E-state index >= 15 is 0 Å². The molecular formula is C11H24N2O3. The molecule has 0 radical (unpaired) electrons. The lowest BCUT2D eigenvalue weighted by atomic mass is 10.1. The Hall–Kier alpha value is -0.650. The number of aliphatic hydroxyl groups is 1. The first kappa shape index (κ1) is 15.3. The van der Waals surface area contributed by atoms with Crippen molar-refractivity contribution < 1.29 is 14.6 Å². The van der Waals surface area contributed by atoms with Crippen LogP contribution in [0.3, 0.4) is 0 Å². The van der Waals surface area contributed by atoms with Crippen molar-refractivity contribution >= 4 is 5.91 Å². The van der Waals surface area contributed by atoms with Crippen molar-refractivity contribution in [1.82, 2.24) is 5.32 Å². The van der Waals surface area contributed by atoms with Crippen LogP contribution in [-0.4, -0.2) is 43.4 Å². The highest BCUT2D eigenvalue weighted by atomic mass is 16.5. The maximum atomic E-state index is 11.4. The number of nitrogens with one attached hydrogen (secondary N) is 1. The summed E-state index contributed by atoms with van der Waals surface area (Å²) in [5.41, 5.74) is 5.69. The summed E-state index contributed by atoms with van der Waals surface area (Å²) >= 11 is 0. The van der Waals surface area contributed by atoms with Gasteiger partial charge in [0.05, 0.1) is 19.3 Å². The number of carbonyl (C=O) groups is 1. The first-order valence-electron chi connectivity index (χ1n) is 5.94. The van der Waals surface area contributed by atoms with Gasteiger partial charge in [0.15, 0.2) is 0 Å². The molecule has 1 unspecified atom stereocenters. The molecular weight excluding hydrogens is 208 g/mol. The van der Waals surface area contributed by atoms with Gasteiger partial charge in [-0.1, -0.05) is 19.8 Å². The largest absolute Gasteiger partial charge is 0.394 e. The van der Waals surface area contributed by atoms with Gasteiger partial charge in [0.2, 0.25) is 5.91 Å². The summed E-state index contributed by atoms with van der Waals surface area (Å²) in [6.07, 6.45) is 3.51. The van der Waals surface area contributed by atoms with Crippen LogP contribution in [0, 0.1) is 0 Å². The number of aliphatic hydroxyl groups excluding tert-OH is 1. The van der Waals surface area contributed by atoms with Crippen molar-refractivity contribution in [3.8, 4) is 0 Å². The molecule has 96 valence electrons. The summed E-state index contributed by atoms with van der Waals surface area (Å²) < 4.78 is 5.06. The van der Waals surface area contributed by atoms with Gasteiger partial charge in [-0.2, -0.15) is 0 Å². The molecule has 0 aliphatic carbocycles. The molecule has 0 aromatic heterocycles. The number of hydrogen-bond acceptors (Lipinski definition) is 4. The number of unbranched alkanes of at least 4 members (excludes halogenated alkanes) is 1. The monoisotopic (exact) mass is 232 g/mol. The molecule has 0 spiro atoms. The quantitative estimate of drug-likeness (QED) is 0.464. The molecule has 0 aliphatic rings. The fourth-order valence-electron chi connectivity index (χ4n) is 1.24. The third kappa shape index (κ3) is 8.64. The SMILES string of the molecule is CCCCC(N)C(=O)NCCCOCCO. The van der Waals surface area contributed by atoms with Crippen molar-refractivity contribution in [2.24, 2.45) is 5.73 Å². The maximum absolute atomic E-state index is 11.4. The third-order valence-electron chi connectivity index (χ3n) is 2.21. The van der Waals surface area contributed by atoms with E-state index < -0.39 is 6.04 Å². The molecule has 16 heavy (non-hydrogen) atoms. The van der Waals surface area contributed by atoms with Gasteiger partial charge < -0.3 is 20.9 Å². The molecule has 0 saturated carbocycles. The minimum Gasteiger partial charge on any atom is -0.394 e. The van der Waals surface area contributed by atoms with Crippen LogP contribution >= 0.6 is 0 Å². The first-order chi connectivity index (χ1) is 7.72. The summed E-state index contributed by atoms with van der Waals surface area (Å²) in [7, 11) is 0. The van der Waals surface area contributed by atoms with Gasteiger partial charge in [0.1, 0.15) is 0 Å². The lowest BCUT2D eigenvalue weighted by molar-refractivity contribution is -0.122. The highest BCUT2D eigenvalue weighted by Crippen LogP contribution is 1.97. The fourth-order valence-corrected chi connectivity index (χ4v) is 1.24. The molecule has 5 heteroatoms. The van der Waals surface area contributed by atoms with Crippen molar-refractivity contribution in [2.75, 3.05) is 26.4 Å². The van der Waals surface area contributed by atoms with Gasteiger partial charge in [-0.15, -0.1) is 0 Å². The highest BCUT2D eigenvalue weighted by molar-refractivity contribution is 5.81. The Kier molecular flexibility index (Phi) is 10.4. The normalized spacial score (nSPS) is 12.4. The lowest BCUT2D eigenvalue weighted by Crippen LogP contribution is -2.41. The number of carbonyl (C=O) groups excluding carboxylic acids is 1. The zero-order valence-electron chi connectivity index (χ0n) is 10.1. The van der Waals surface area contributed by atoms with E-state index in [2.05, 4.69) is 12.2 Å². The van der Waals surface area contributed by atoms with Gasteiger partial charge in [-0.05, 0) is 12.8 Å². The second-order valence-corrected chi connectivity index (χ2v) is 3.73. The molecule has 0 aromatic carbocycles. The molecule has 0 aliphatic heterocycles. The van der Waals surface area contributed by atoms with E-state index in [0.717, 1.165) is 25.7 Å². The molecule has 1 atom stereocenters. The van der Waals surface area contributed by atoms with Crippen LogP contribution in [0.15, 0.2) is 0 Å². The molecule has 0 rings (SSSR count). The first-order valence-corrected chi connectivity index (χ1v) is 5.94. The van der Waals surface area contributed by atoms with Crippen LogP contribution in [0.25, 0.3) is 0 Å². The van der Waals surface area contributed by atoms with Gasteiger partial charge in [-0.3, -0.25) is 4.79 Å². The zero-order valence-corrected chi connectivity index (χ0v) is 10.1. The van der Waals surface area contributed by atoms with Gasteiger partial charge in [-0.25, -0.2) is 0 Å². The number of ether oxygens (including phenoxy) is 1. The number of nitrogens with two attached hydrogens (primary N) is 1. The summed E-state index contributed by atoms with van der Waals surface area (Å²) in [5, 5.41) is 11.2. The zero-order chi connectivity index (χ0) is 12.2. The molecule has 0 aromatic rings. The van der Waals surface area contributed by atoms with E-state index in [1.54, 1.807) is 0 Å². The average Bonchev–Trinajstić information content (AvgIpc) is 2.30. The smallest absolute Gasteiger partial charge is 0.236 e. The fraction of sp³-hybridized carbons (Fsp3) is 0.909. The molecule has 0 saturated heterocycles. The summed E-state index contributed by atoms with van der Waals surface area (Å²) in [4.78, 5) is 11.4. The molecule has 4 N–H and O–H groups in total. The summed E-state index contributed by atoms with van der Waals surface area (Å²) in [5.74, 6) is -0.0874. The number of rotatable bonds is 10. The maximum Gasteiger partial charge on any atom is 0.236 e. The van der Waals surface area contributed by atoms with Crippen molar-refractivity contribution in [3.63, 3.8) is 0 Å². The van der Waals surface area contributed by atoms with E-state index in [1.165, 1.54) is 0 Å². The Labute approximate surface area is 97.3 Å². The Morgan fingerprint density at radius 3 is 2.81 bits per heavy atom. The minimum absolute atomic E-state index is 0.0360. The van der Waals surface area contributed by atoms with Crippen LogP contribution in [0.1, 0.15) is 32.6 Å². The Morgan fingerprint density at radius 1 is 1.44 bits per heavy atom. The highest BCUT2D eigenvalue weighted by Gasteiger charge is 2.11. The van der Waals surface area contributed by atoms with Crippen molar-refractivity contribution in [2.45, 2.75) is 38.6 Å². The van der Waals surface area contributed by atoms with Crippen molar-refractivity contribution in [1.29, 1.82) is 0 Å². The summed E-state index contributed by atoms with van der Waals surface area (Å²) in [6, 6.07) is -0.390. The van der Waals surface area contributed by atoms with Crippen LogP contribution in [0.2, 0.25) is 0 Å². The molecule has 0 heterocycles. The summed E-state index contributed by atoms with van der Waals surface area (Å²) in [6.45, 7) is 3.58. The van der Waals surface area contributed by atoms with E-state index in [1.807, 2.05) is 0 Å². The van der Waals surface area contributed by atoms with Crippen LogP contribution < -0.4 is 11.1 Å². The van der Waals surface area contributed by atoms with Gasteiger partial charge in [0.25, 0.3) is 0 Å². The van der Waals surface area contributed by atoms with E-state index in [9.17, 15) is 4.79 Å². The Bertz CT molecular complexity index is 177. The lowest BCUT2D eigenvalue weighted by Gasteiger charge is -2.11.